The van der Waals surface area contributed by atoms with Crippen molar-refractivity contribution in [2.45, 2.75) is 62.2 Å². The number of hydrogen-bond acceptors (Lipinski definition) is 7. The lowest BCUT2D eigenvalue weighted by Gasteiger charge is -2.45. The molecule has 2 aromatic carbocycles. The second kappa shape index (κ2) is 14.8. The summed E-state index contributed by atoms with van der Waals surface area (Å²) < 4.78 is 12.2. The van der Waals surface area contributed by atoms with E-state index in [1.54, 1.807) is 26.6 Å². The molecule has 1 saturated heterocycles. The van der Waals surface area contributed by atoms with Crippen LogP contribution in [0, 0.1) is 5.92 Å². The number of likely N-dealkylation sites (tertiary alicyclic amines) is 1. The normalized spacial score (nSPS) is 19.8. The van der Waals surface area contributed by atoms with Crippen molar-refractivity contribution in [3.8, 4) is 22.6 Å². The van der Waals surface area contributed by atoms with E-state index in [1.165, 1.54) is 28.2 Å². The van der Waals surface area contributed by atoms with Gasteiger partial charge >= 0.3 is 0 Å². The van der Waals surface area contributed by atoms with Crippen molar-refractivity contribution >= 4 is 41.0 Å². The van der Waals surface area contributed by atoms with Gasteiger partial charge in [-0.05, 0) is 86.5 Å². The smallest absolute Gasteiger partial charge is 0.247 e. The minimum atomic E-state index is -0.0937. The highest BCUT2D eigenvalue weighted by atomic mass is 35.5. The van der Waals surface area contributed by atoms with Gasteiger partial charge in [-0.1, -0.05) is 54.4 Å². The molecule has 2 aliphatic rings. The van der Waals surface area contributed by atoms with Gasteiger partial charge in [0.25, 0.3) is 0 Å². The Hall–Kier alpha value is -2.52. The number of ether oxygens (including phenoxy) is 2. The zero-order valence-corrected chi connectivity index (χ0v) is 26.5. The Bertz CT molecular complexity index is 1320. The van der Waals surface area contributed by atoms with E-state index in [-0.39, 0.29) is 17.7 Å². The molecular weight excluding hydrogens is 591 g/mol. The Morgan fingerprint density at radius 2 is 1.64 bits per heavy atom. The zero-order valence-electron chi connectivity index (χ0n) is 24.2. The molecule has 2 heterocycles. The first kappa shape index (κ1) is 30.9. The summed E-state index contributed by atoms with van der Waals surface area (Å²) in [5.74, 6) is 2.09. The van der Waals surface area contributed by atoms with Crippen molar-refractivity contribution in [2.24, 2.45) is 5.92 Å². The molecule has 7 nitrogen and oxygen atoms in total. The Morgan fingerprint density at radius 1 is 0.952 bits per heavy atom. The number of methoxy groups -OCH3 is 2. The molecule has 3 aromatic rings. The van der Waals surface area contributed by atoms with E-state index in [0.29, 0.717) is 28.6 Å². The van der Waals surface area contributed by atoms with Crippen molar-refractivity contribution in [1.29, 1.82) is 0 Å². The summed E-state index contributed by atoms with van der Waals surface area (Å²) >= 11 is 14.1. The summed E-state index contributed by atoms with van der Waals surface area (Å²) in [4.78, 5) is 24.7. The molecule has 2 fully saturated rings. The minimum Gasteiger partial charge on any atom is -0.493 e. The number of halogens is 2. The third-order valence-corrected chi connectivity index (χ3v) is 10.0. The predicted molar refractivity (Wildman–Crippen MR) is 169 cm³/mol. The van der Waals surface area contributed by atoms with Crippen LogP contribution in [0.2, 0.25) is 5.02 Å². The van der Waals surface area contributed by atoms with Crippen LogP contribution in [-0.4, -0.2) is 70.3 Å². The van der Waals surface area contributed by atoms with Gasteiger partial charge in [0.05, 0.1) is 26.0 Å². The first-order valence-electron chi connectivity index (χ1n) is 14.6. The summed E-state index contributed by atoms with van der Waals surface area (Å²) in [6.45, 7) is 2.10. The highest BCUT2D eigenvalue weighted by molar-refractivity contribution is 7.99. The number of carbonyl (C=O) groups excluding carboxylic acids is 1. The van der Waals surface area contributed by atoms with Gasteiger partial charge in [0.1, 0.15) is 0 Å². The van der Waals surface area contributed by atoms with E-state index >= 15 is 0 Å². The fourth-order valence-electron chi connectivity index (χ4n) is 6.15. The van der Waals surface area contributed by atoms with Crippen LogP contribution in [0.3, 0.4) is 0 Å². The van der Waals surface area contributed by atoms with E-state index in [2.05, 4.69) is 27.0 Å². The number of thioether (sulfide) groups is 1. The number of rotatable bonds is 10. The molecule has 0 bridgehead atoms. The van der Waals surface area contributed by atoms with Gasteiger partial charge < -0.3 is 9.47 Å². The molecule has 1 saturated carbocycles. The maximum atomic E-state index is 13.2. The van der Waals surface area contributed by atoms with Crippen molar-refractivity contribution in [3.05, 3.63) is 65.4 Å². The van der Waals surface area contributed by atoms with Crippen LogP contribution in [0.5, 0.6) is 11.5 Å². The van der Waals surface area contributed by atoms with Gasteiger partial charge in [0.15, 0.2) is 16.7 Å². The van der Waals surface area contributed by atoms with Gasteiger partial charge in [-0.3, -0.25) is 9.69 Å². The molecule has 0 N–H and O–H groups in total. The van der Waals surface area contributed by atoms with Crippen molar-refractivity contribution < 1.29 is 14.3 Å². The second-order valence-electron chi connectivity index (χ2n) is 11.0. The maximum absolute atomic E-state index is 13.2. The molecule has 1 aliphatic carbocycles. The quantitative estimate of drug-likeness (QED) is 0.134. The van der Waals surface area contributed by atoms with Crippen molar-refractivity contribution in [2.75, 3.05) is 33.1 Å². The van der Waals surface area contributed by atoms with Crippen LogP contribution < -0.4 is 9.47 Å². The van der Waals surface area contributed by atoms with Crippen LogP contribution in [-0.2, 0) is 11.2 Å². The monoisotopic (exact) mass is 628 g/mol. The Morgan fingerprint density at radius 3 is 2.33 bits per heavy atom. The Balaban J connectivity index is 1.13. The van der Waals surface area contributed by atoms with E-state index in [9.17, 15) is 4.79 Å². The number of nitrogens with zero attached hydrogens (tertiary/aromatic N) is 4. The summed E-state index contributed by atoms with van der Waals surface area (Å²) in [6, 6.07) is 14.2. The zero-order chi connectivity index (χ0) is 29.5. The van der Waals surface area contributed by atoms with Gasteiger partial charge in [0, 0.05) is 40.8 Å². The lowest BCUT2D eigenvalue weighted by molar-refractivity contribution is -0.127. The second-order valence-corrected chi connectivity index (χ2v) is 12.8. The van der Waals surface area contributed by atoms with Crippen molar-refractivity contribution in [1.82, 2.24) is 19.3 Å². The molecule has 2 atom stereocenters. The number of benzene rings is 2. The first-order chi connectivity index (χ1) is 20.4. The Labute approximate surface area is 263 Å². The molecule has 1 aromatic heterocycles. The molecule has 0 spiro atoms. The van der Waals surface area contributed by atoms with Crippen LogP contribution in [0.25, 0.3) is 11.1 Å². The predicted octanol–water partition coefficient (Wildman–Crippen LogP) is 7.15. The average Bonchev–Trinajstić information content (AvgIpc) is 3.04. The van der Waals surface area contributed by atoms with Crippen molar-refractivity contribution in [3.63, 3.8) is 0 Å². The third kappa shape index (κ3) is 7.70. The highest BCUT2D eigenvalue weighted by Gasteiger charge is 2.37. The van der Waals surface area contributed by atoms with Gasteiger partial charge in [-0.2, -0.15) is 0 Å². The van der Waals surface area contributed by atoms with Crippen LogP contribution >= 0.6 is 35.1 Å². The highest BCUT2D eigenvalue weighted by Crippen LogP contribution is 2.34. The largest absolute Gasteiger partial charge is 0.493 e. The van der Waals surface area contributed by atoms with Crippen LogP contribution in [0.4, 0.5) is 0 Å². The summed E-state index contributed by atoms with van der Waals surface area (Å²) in [5.41, 5.74) is 3.13. The molecule has 0 unspecified atom stereocenters. The summed E-state index contributed by atoms with van der Waals surface area (Å²) in [6.07, 6.45) is 11.2. The van der Waals surface area contributed by atoms with Gasteiger partial charge in [-0.15, -0.1) is 0 Å². The lowest BCUT2D eigenvalue weighted by atomic mass is 9.85. The number of hydrogen-bond donors (Lipinski definition) is 0. The standard InChI is InChI=1S/C32H38Cl2N4O3S/c1-40-29-12-9-24(18-30(29)41-2)25-19-35-32(36-20-25)42-21-31(39)38(34)28-6-4-3-5-27(28)37-15-13-23(14-16-37)17-22-7-10-26(33)11-8-22/h7-12,18-20,23,27-28H,3-6,13-17,21H2,1-2H3/t27-,28+/m0/s1. The molecule has 42 heavy (non-hydrogen) atoms. The molecule has 0 radical (unpaired) electrons. The lowest BCUT2D eigenvalue weighted by Crippen LogP contribution is -2.54. The molecule has 10 heteroatoms. The maximum Gasteiger partial charge on any atom is 0.247 e. The summed E-state index contributed by atoms with van der Waals surface area (Å²) in [5, 5.41) is 1.33. The van der Waals surface area contributed by atoms with E-state index < -0.39 is 0 Å². The van der Waals surface area contributed by atoms with Gasteiger partial charge in [0.2, 0.25) is 5.91 Å². The van der Waals surface area contributed by atoms with Gasteiger partial charge in [-0.25, -0.2) is 14.4 Å². The van der Waals surface area contributed by atoms with E-state index in [4.69, 9.17) is 32.9 Å². The molecule has 1 aliphatic heterocycles. The molecule has 224 valence electrons. The fraction of sp³-hybridized carbons (Fsp3) is 0.469. The van der Waals surface area contributed by atoms with E-state index in [0.717, 1.165) is 67.8 Å². The SMILES string of the molecule is COc1ccc(-c2cnc(SCC(=O)N(Cl)[C@@H]3CCCC[C@@H]3N3CCC(Cc4ccc(Cl)cc4)CC3)nc2)cc1OC. The average molecular weight is 630 g/mol. The summed E-state index contributed by atoms with van der Waals surface area (Å²) in [7, 11) is 3.22. The van der Waals surface area contributed by atoms with Crippen LogP contribution in [0.15, 0.2) is 60.0 Å². The number of aromatic nitrogens is 2. The molecule has 1 amide bonds. The number of carbonyl (C=O) groups is 1. The number of piperidine rings is 1. The van der Waals surface area contributed by atoms with Crippen LogP contribution in [0.1, 0.15) is 44.1 Å². The third-order valence-electron chi connectivity index (χ3n) is 8.45. The van der Waals surface area contributed by atoms with E-state index in [1.807, 2.05) is 30.3 Å². The minimum absolute atomic E-state index is 0.0229. The Kier molecular flexibility index (Phi) is 10.9. The fourth-order valence-corrected chi connectivity index (χ4v) is 7.28. The number of amides is 1. The topological polar surface area (TPSA) is 67.8 Å². The molecule has 5 rings (SSSR count). The first-order valence-corrected chi connectivity index (χ1v) is 16.3. The molecular formula is C32H38Cl2N4O3S.